The van der Waals surface area contributed by atoms with Gasteiger partial charge >= 0.3 is 0 Å². The van der Waals surface area contributed by atoms with Crippen molar-refractivity contribution < 1.29 is 13.2 Å². The van der Waals surface area contributed by atoms with E-state index in [2.05, 4.69) is 11.3 Å². The van der Waals surface area contributed by atoms with E-state index in [1.807, 2.05) is 19.1 Å². The van der Waals surface area contributed by atoms with Crippen molar-refractivity contribution in [2.45, 2.75) is 18.2 Å². The number of hydrogen-bond acceptors (Lipinski definition) is 3. The van der Waals surface area contributed by atoms with Crippen molar-refractivity contribution in [3.8, 4) is 0 Å². The summed E-state index contributed by atoms with van der Waals surface area (Å²) in [6, 6.07) is 15.3. The molecule has 0 aliphatic heterocycles. The van der Waals surface area contributed by atoms with Gasteiger partial charge in [0.2, 0.25) is 0 Å². The van der Waals surface area contributed by atoms with Crippen LogP contribution in [0.4, 0.5) is 0 Å². The number of nitrogens with one attached hydrogen (secondary N) is 1. The lowest BCUT2D eigenvalue weighted by molar-refractivity contribution is -0.114. The molecule has 1 amide bonds. The van der Waals surface area contributed by atoms with E-state index in [-0.39, 0.29) is 4.90 Å². The highest BCUT2D eigenvalue weighted by Gasteiger charge is 2.20. The number of sulfonamides is 1. The first kappa shape index (κ1) is 19.4. The average molecular weight is 367 g/mol. The lowest BCUT2D eigenvalue weighted by Crippen LogP contribution is -2.31. The van der Waals surface area contributed by atoms with Crippen molar-refractivity contribution in [1.82, 2.24) is 4.72 Å². The molecule has 0 saturated carbocycles. The summed E-state index contributed by atoms with van der Waals surface area (Å²) >= 11 is 0. The fraction of sp³-hybridized carbons (Fsp3) is 0.0952. The highest BCUT2D eigenvalue weighted by molar-refractivity contribution is 7.90. The lowest BCUT2D eigenvalue weighted by atomic mass is 10.0. The molecule has 0 spiro atoms. The summed E-state index contributed by atoms with van der Waals surface area (Å²) in [5.74, 6) is -0.663. The van der Waals surface area contributed by atoms with Gasteiger partial charge in [0.05, 0.1) is 4.90 Å². The number of rotatable bonds is 7. The minimum Gasteiger partial charge on any atom is -0.268 e. The molecule has 0 aromatic heterocycles. The van der Waals surface area contributed by atoms with E-state index in [1.165, 1.54) is 12.1 Å². The van der Waals surface area contributed by atoms with Gasteiger partial charge in [0, 0.05) is 5.57 Å². The van der Waals surface area contributed by atoms with E-state index < -0.39 is 15.9 Å². The molecule has 0 aliphatic carbocycles. The van der Waals surface area contributed by atoms with Gasteiger partial charge in [0.25, 0.3) is 15.9 Å². The number of aryl methyl sites for hydroxylation is 1. The summed E-state index contributed by atoms with van der Waals surface area (Å²) in [4.78, 5) is 12.7. The van der Waals surface area contributed by atoms with Crippen LogP contribution in [0.2, 0.25) is 0 Å². The van der Waals surface area contributed by atoms with Crippen LogP contribution in [-0.4, -0.2) is 14.3 Å². The van der Waals surface area contributed by atoms with Gasteiger partial charge in [-0.15, -0.1) is 0 Å². The van der Waals surface area contributed by atoms with Crippen LogP contribution >= 0.6 is 0 Å². The second kappa shape index (κ2) is 8.97. The molecule has 0 radical (unpaired) electrons. The molecule has 0 saturated heterocycles. The molecule has 0 fully saturated rings. The topological polar surface area (TPSA) is 63.2 Å². The molecule has 0 atom stereocenters. The Kier molecular flexibility index (Phi) is 6.69. The van der Waals surface area contributed by atoms with Gasteiger partial charge < -0.3 is 0 Å². The largest absolute Gasteiger partial charge is 0.268 e. The van der Waals surface area contributed by atoms with Gasteiger partial charge in [-0.2, -0.15) is 0 Å². The Morgan fingerprint density at radius 2 is 1.73 bits per heavy atom. The maximum Gasteiger partial charge on any atom is 0.265 e. The van der Waals surface area contributed by atoms with E-state index in [4.69, 9.17) is 0 Å². The van der Waals surface area contributed by atoms with Crippen molar-refractivity contribution >= 4 is 21.5 Å². The third-order valence-electron chi connectivity index (χ3n) is 3.62. The number of carbonyl (C=O) groups excluding carboxylic acids is 1. The highest BCUT2D eigenvalue weighted by atomic mass is 32.2. The van der Waals surface area contributed by atoms with Crippen LogP contribution in [0.5, 0.6) is 0 Å². The van der Waals surface area contributed by atoms with Crippen molar-refractivity contribution in [2.75, 3.05) is 0 Å². The maximum atomic E-state index is 12.7. The molecule has 2 rings (SSSR count). The summed E-state index contributed by atoms with van der Waals surface area (Å²) in [6.45, 7) is 5.46. The first-order valence-corrected chi connectivity index (χ1v) is 9.59. The third kappa shape index (κ3) is 5.29. The van der Waals surface area contributed by atoms with E-state index in [9.17, 15) is 13.2 Å². The lowest BCUT2D eigenvalue weighted by Gasteiger charge is -2.10. The van der Waals surface area contributed by atoms with Gasteiger partial charge in [0.1, 0.15) is 0 Å². The first-order valence-electron chi connectivity index (χ1n) is 8.11. The molecule has 0 bridgehead atoms. The van der Waals surface area contributed by atoms with Crippen LogP contribution in [0, 0.1) is 6.92 Å². The summed E-state index contributed by atoms with van der Waals surface area (Å²) in [7, 11) is -3.94. The first-order chi connectivity index (χ1) is 12.4. The van der Waals surface area contributed by atoms with Gasteiger partial charge in [-0.05, 0) is 31.0 Å². The van der Waals surface area contributed by atoms with Crippen LogP contribution in [-0.2, 0) is 14.8 Å². The van der Waals surface area contributed by atoms with Crippen molar-refractivity contribution in [2.24, 2.45) is 0 Å². The zero-order valence-corrected chi connectivity index (χ0v) is 15.4. The quantitative estimate of drug-likeness (QED) is 0.594. The Hall–Kier alpha value is -2.92. The fourth-order valence-electron chi connectivity index (χ4n) is 2.27. The van der Waals surface area contributed by atoms with Crippen LogP contribution in [0.15, 0.2) is 90.4 Å². The molecule has 0 aliphatic rings. The van der Waals surface area contributed by atoms with Crippen LogP contribution in [0.1, 0.15) is 17.5 Å². The van der Waals surface area contributed by atoms with Crippen LogP contribution in [0.25, 0.3) is 5.57 Å². The predicted octanol–water partition coefficient (Wildman–Crippen LogP) is 4.02. The monoisotopic (exact) mass is 367 g/mol. The summed E-state index contributed by atoms with van der Waals surface area (Å²) in [5.41, 5.74) is 1.89. The molecule has 134 valence electrons. The fourth-order valence-corrected chi connectivity index (χ4v) is 3.24. The summed E-state index contributed by atoms with van der Waals surface area (Å²) in [6.07, 6.45) is 7.40. The Morgan fingerprint density at radius 3 is 2.35 bits per heavy atom. The molecule has 2 aromatic carbocycles. The van der Waals surface area contributed by atoms with Crippen molar-refractivity contribution in [3.63, 3.8) is 0 Å². The zero-order valence-electron chi connectivity index (χ0n) is 14.6. The van der Waals surface area contributed by atoms with E-state index in [0.717, 1.165) is 5.56 Å². The van der Waals surface area contributed by atoms with E-state index in [1.54, 1.807) is 54.6 Å². The highest BCUT2D eigenvalue weighted by Crippen LogP contribution is 2.17. The normalized spacial score (nSPS) is 12.1. The molecule has 2 aromatic rings. The number of amides is 1. The molecule has 26 heavy (non-hydrogen) atoms. The number of allylic oxidation sites excluding steroid dienone is 4. The van der Waals surface area contributed by atoms with Crippen molar-refractivity contribution in [3.05, 3.63) is 96.6 Å². The molecular formula is C21H21NO3S. The van der Waals surface area contributed by atoms with Crippen molar-refractivity contribution in [1.29, 1.82) is 0 Å². The van der Waals surface area contributed by atoms with Crippen LogP contribution in [0.3, 0.4) is 0 Å². The Bertz CT molecular complexity index is 925. The van der Waals surface area contributed by atoms with Gasteiger partial charge in [0.15, 0.2) is 0 Å². The third-order valence-corrected chi connectivity index (χ3v) is 4.96. The standard InChI is InChI=1S/C21H21NO3S/c1-3-4-5-9-12-20(18-10-7-6-8-11-18)21(23)22-26(24,25)19-15-13-17(2)14-16-19/h3-8,10-16H,1,9H2,2H3,(H,22,23)/b5-4+,20-12-. The number of benzene rings is 2. The van der Waals surface area contributed by atoms with Gasteiger partial charge in [-0.25, -0.2) is 13.1 Å². The van der Waals surface area contributed by atoms with E-state index >= 15 is 0 Å². The zero-order chi connectivity index (χ0) is 19.0. The second-order valence-corrected chi connectivity index (χ2v) is 7.31. The second-order valence-electron chi connectivity index (χ2n) is 5.63. The molecule has 5 heteroatoms. The minimum atomic E-state index is -3.94. The van der Waals surface area contributed by atoms with Gasteiger partial charge in [-0.1, -0.05) is 78.9 Å². The van der Waals surface area contributed by atoms with E-state index in [0.29, 0.717) is 17.6 Å². The molecule has 0 unspecified atom stereocenters. The van der Waals surface area contributed by atoms with Crippen LogP contribution < -0.4 is 4.72 Å². The molecule has 0 heterocycles. The Balaban J connectivity index is 2.30. The summed E-state index contributed by atoms with van der Waals surface area (Å²) in [5, 5.41) is 0. The predicted molar refractivity (Wildman–Crippen MR) is 105 cm³/mol. The number of hydrogen-bond donors (Lipinski definition) is 1. The Morgan fingerprint density at radius 1 is 1.08 bits per heavy atom. The SMILES string of the molecule is C=C/C=C/C/C=C(\C(=O)NS(=O)(=O)c1ccc(C)cc1)c1ccccc1. The Labute approximate surface area is 154 Å². The molecular weight excluding hydrogens is 346 g/mol. The molecule has 4 nitrogen and oxygen atoms in total. The maximum absolute atomic E-state index is 12.7. The van der Waals surface area contributed by atoms with Gasteiger partial charge in [-0.3, -0.25) is 4.79 Å². The minimum absolute atomic E-state index is 0.0513. The number of carbonyl (C=O) groups is 1. The smallest absolute Gasteiger partial charge is 0.265 e. The molecule has 1 N–H and O–H groups in total. The average Bonchev–Trinajstić information content (AvgIpc) is 2.62. The summed E-state index contributed by atoms with van der Waals surface area (Å²) < 4.78 is 27.1.